The molecule has 50 heavy (non-hydrogen) atoms. The average Bonchev–Trinajstić information content (AvgIpc) is 3.07. The van der Waals surface area contributed by atoms with Gasteiger partial charge in [-0.3, -0.25) is 14.5 Å². The molecule has 0 heterocycles. The van der Waals surface area contributed by atoms with Crippen LogP contribution in [0.15, 0.2) is 24.3 Å². The largest absolute Gasteiger partial charge is 0.395 e. The number of rotatable bonds is 39. The summed E-state index contributed by atoms with van der Waals surface area (Å²) in [5.74, 6) is -0.252. The maximum Gasteiger partial charge on any atom is 0.164 e. The minimum absolute atomic E-state index is 0. The molecule has 0 bridgehead atoms. The van der Waals surface area contributed by atoms with E-state index in [1.165, 1.54) is 116 Å². The van der Waals surface area contributed by atoms with Crippen molar-refractivity contribution in [1.29, 1.82) is 0 Å². The molecule has 0 aromatic carbocycles. The van der Waals surface area contributed by atoms with E-state index < -0.39 is 12.2 Å². The highest BCUT2D eigenvalue weighted by Gasteiger charge is 2.24. The maximum atomic E-state index is 13.3. The van der Waals surface area contributed by atoms with E-state index in [-0.39, 0.29) is 61.2 Å². The smallest absolute Gasteiger partial charge is 0.164 e. The Labute approximate surface area is 320 Å². The monoisotopic (exact) mass is 772 g/mol. The molecule has 296 valence electrons. The second-order valence-corrected chi connectivity index (χ2v) is 14.5. The third-order valence-corrected chi connectivity index (χ3v) is 9.65. The number of halogens is 1. The summed E-state index contributed by atoms with van der Waals surface area (Å²) in [6.45, 7) is 4.86. The van der Waals surface area contributed by atoms with Crippen molar-refractivity contribution in [3.8, 4) is 0 Å². The summed E-state index contributed by atoms with van der Waals surface area (Å²) < 4.78 is 0. The molecule has 0 spiro atoms. The molecule has 0 fully saturated rings. The fourth-order valence-corrected chi connectivity index (χ4v) is 6.57. The highest BCUT2D eigenvalue weighted by molar-refractivity contribution is 8.93. The molecule has 6 nitrogen and oxygen atoms in total. The van der Waals surface area contributed by atoms with Gasteiger partial charge in [0.1, 0.15) is 11.6 Å². The molecule has 0 saturated heterocycles. The molecule has 0 aliphatic carbocycles. The Kier molecular flexibility index (Phi) is 41.9. The summed E-state index contributed by atoms with van der Waals surface area (Å²) in [5, 5.41) is 28.5. The summed E-state index contributed by atoms with van der Waals surface area (Å²) in [6.07, 6.45) is 40.5. The van der Waals surface area contributed by atoms with Crippen molar-refractivity contribution in [2.24, 2.45) is 5.92 Å². The number of ketones is 2. The van der Waals surface area contributed by atoms with Crippen molar-refractivity contribution in [2.45, 2.75) is 206 Å². The Balaban J connectivity index is 0. The Morgan fingerprint density at radius 1 is 0.540 bits per heavy atom. The first-order chi connectivity index (χ1) is 23.9. The molecule has 0 aliphatic rings. The number of carbonyl (C=O) groups excluding carboxylic acids is 2. The second-order valence-electron chi connectivity index (χ2n) is 14.5. The molecule has 0 aliphatic heterocycles. The topological polar surface area (TPSA) is 98.1 Å². The van der Waals surface area contributed by atoms with Crippen LogP contribution < -0.4 is 0 Å². The van der Waals surface area contributed by atoms with Crippen LogP contribution in [0.3, 0.4) is 0 Å². The summed E-state index contributed by atoms with van der Waals surface area (Å²) in [4.78, 5) is 27.9. The molecule has 7 heteroatoms. The van der Waals surface area contributed by atoms with Crippen molar-refractivity contribution in [1.82, 2.24) is 4.90 Å². The molecule has 0 saturated carbocycles. The molecule has 0 amide bonds. The summed E-state index contributed by atoms with van der Waals surface area (Å²) >= 11 is 0. The maximum absolute atomic E-state index is 13.3. The number of Topliss-reactive ketones (excluding diaryl/α,β-unsaturated/α-hetero) is 2. The van der Waals surface area contributed by atoms with Crippen LogP contribution in [0.4, 0.5) is 0 Å². The molecule has 0 rings (SSSR count). The molecule has 0 radical (unpaired) electrons. The SMILES string of the molecule is Br.CCCCCCCC/C=C\CCCCCCCC(=O)CC(CN(CCO)CC(O)O)C(=O)CCCCCCC/C=C\CCCCCCCC. The normalized spacial score (nSPS) is 12.5. The zero-order valence-corrected chi connectivity index (χ0v) is 34.5. The Bertz CT molecular complexity index is 787. The average molecular weight is 773 g/mol. The first kappa shape index (κ1) is 51.2. The zero-order valence-electron chi connectivity index (χ0n) is 32.8. The Morgan fingerprint density at radius 2 is 0.920 bits per heavy atom. The third-order valence-electron chi connectivity index (χ3n) is 9.65. The van der Waals surface area contributed by atoms with Gasteiger partial charge in [-0.1, -0.05) is 141 Å². The van der Waals surface area contributed by atoms with Gasteiger partial charge >= 0.3 is 0 Å². The van der Waals surface area contributed by atoms with Crippen LogP contribution in [-0.2, 0) is 9.59 Å². The highest BCUT2D eigenvalue weighted by atomic mass is 79.9. The molecule has 1 unspecified atom stereocenters. The van der Waals surface area contributed by atoms with Gasteiger partial charge in [0, 0.05) is 44.8 Å². The van der Waals surface area contributed by atoms with Crippen LogP contribution in [0.5, 0.6) is 0 Å². The van der Waals surface area contributed by atoms with E-state index in [1.807, 2.05) is 0 Å². The number of unbranched alkanes of at least 4 members (excludes halogenated alkanes) is 22. The lowest BCUT2D eigenvalue weighted by atomic mass is 9.91. The van der Waals surface area contributed by atoms with Crippen molar-refractivity contribution in [3.05, 3.63) is 24.3 Å². The fourth-order valence-electron chi connectivity index (χ4n) is 6.57. The van der Waals surface area contributed by atoms with Crippen molar-refractivity contribution in [2.75, 3.05) is 26.2 Å². The van der Waals surface area contributed by atoms with Crippen LogP contribution in [0, 0.1) is 5.92 Å². The van der Waals surface area contributed by atoms with Crippen molar-refractivity contribution < 1.29 is 24.9 Å². The van der Waals surface area contributed by atoms with Gasteiger partial charge in [0.25, 0.3) is 0 Å². The number of aliphatic hydroxyl groups excluding tert-OH is 2. The highest BCUT2D eigenvalue weighted by Crippen LogP contribution is 2.18. The van der Waals surface area contributed by atoms with Crippen LogP contribution in [0.2, 0.25) is 0 Å². The predicted octanol–water partition coefficient (Wildman–Crippen LogP) is 11.4. The first-order valence-corrected chi connectivity index (χ1v) is 21.0. The predicted molar refractivity (Wildman–Crippen MR) is 219 cm³/mol. The Hall–Kier alpha value is -0.860. The molecule has 1 atom stereocenters. The van der Waals surface area contributed by atoms with E-state index in [1.54, 1.807) is 4.90 Å². The summed E-state index contributed by atoms with van der Waals surface area (Å²) in [7, 11) is 0. The van der Waals surface area contributed by atoms with Gasteiger partial charge < -0.3 is 15.3 Å². The fraction of sp³-hybridized carbons (Fsp3) is 0.860. The van der Waals surface area contributed by atoms with Crippen LogP contribution in [-0.4, -0.2) is 64.3 Å². The number of allylic oxidation sites excluding steroid dienone is 4. The molecular formula is C43H82BrNO5. The van der Waals surface area contributed by atoms with E-state index >= 15 is 0 Å². The van der Waals surface area contributed by atoms with Gasteiger partial charge in [0.2, 0.25) is 0 Å². The minimum Gasteiger partial charge on any atom is -0.395 e. The number of nitrogens with zero attached hydrogens (tertiary/aromatic N) is 1. The summed E-state index contributed by atoms with van der Waals surface area (Å²) in [6, 6.07) is 0. The van der Waals surface area contributed by atoms with Crippen molar-refractivity contribution >= 4 is 28.5 Å². The lowest BCUT2D eigenvalue weighted by molar-refractivity contribution is -0.129. The van der Waals surface area contributed by atoms with E-state index in [0.717, 1.165) is 51.4 Å². The lowest BCUT2D eigenvalue weighted by Gasteiger charge is -2.26. The van der Waals surface area contributed by atoms with Gasteiger partial charge in [-0.25, -0.2) is 0 Å². The van der Waals surface area contributed by atoms with Crippen molar-refractivity contribution in [3.63, 3.8) is 0 Å². The van der Waals surface area contributed by atoms with E-state index in [2.05, 4.69) is 38.2 Å². The van der Waals surface area contributed by atoms with Gasteiger partial charge in [-0.2, -0.15) is 0 Å². The van der Waals surface area contributed by atoms with Crippen LogP contribution in [0.25, 0.3) is 0 Å². The lowest BCUT2D eigenvalue weighted by Crippen LogP contribution is -2.40. The van der Waals surface area contributed by atoms with E-state index in [4.69, 9.17) is 0 Å². The van der Waals surface area contributed by atoms with Crippen LogP contribution >= 0.6 is 17.0 Å². The van der Waals surface area contributed by atoms with Gasteiger partial charge in [0.15, 0.2) is 6.29 Å². The second kappa shape index (κ2) is 40.9. The standard InChI is InChI=1S/C43H81NO5.BrH/c1-3-5-7-9-11-13-15-17-19-21-23-25-27-29-31-33-41(46)37-40(38-44(35-36-45)39-43(48)49)42(47)34-32-30-28-26-24-22-20-18-16-14-12-10-8-6-4-2;/h17-20,40,43,45,48-49H,3-16,21-39H2,1-2H3;1H/b19-17-,20-18-;. The van der Waals surface area contributed by atoms with E-state index in [9.17, 15) is 24.9 Å². The Morgan fingerprint density at radius 3 is 1.32 bits per heavy atom. The number of aliphatic hydroxyl groups is 3. The third kappa shape index (κ3) is 36.9. The van der Waals surface area contributed by atoms with E-state index in [0.29, 0.717) is 12.8 Å². The van der Waals surface area contributed by atoms with Gasteiger partial charge in [-0.15, -0.1) is 17.0 Å². The zero-order chi connectivity index (χ0) is 36.0. The van der Waals surface area contributed by atoms with Gasteiger partial charge in [-0.05, 0) is 64.2 Å². The first-order valence-electron chi connectivity index (χ1n) is 21.0. The summed E-state index contributed by atoms with van der Waals surface area (Å²) in [5.41, 5.74) is 0. The molecule has 0 aromatic heterocycles. The quantitative estimate of drug-likeness (QED) is 0.0327. The van der Waals surface area contributed by atoms with Gasteiger partial charge in [0.05, 0.1) is 6.61 Å². The number of carbonyl (C=O) groups is 2. The molecular weight excluding hydrogens is 690 g/mol. The minimum atomic E-state index is -1.54. The molecule has 3 N–H and O–H groups in total. The molecule has 0 aromatic rings. The number of hydrogen-bond donors (Lipinski definition) is 3. The van der Waals surface area contributed by atoms with Crippen LogP contribution in [0.1, 0.15) is 200 Å². The number of hydrogen-bond acceptors (Lipinski definition) is 6.